The van der Waals surface area contributed by atoms with Crippen molar-refractivity contribution >= 4 is 11.8 Å². The Morgan fingerprint density at radius 3 is 2.76 bits per heavy atom. The smallest absolute Gasteiger partial charge is 0.410 e. The normalized spacial score (nSPS) is 23.2. The summed E-state index contributed by atoms with van der Waals surface area (Å²) in [5.74, 6) is 0.818. The monoisotopic (exact) mass is 238 g/mol. The van der Waals surface area contributed by atoms with E-state index in [0.29, 0.717) is 6.54 Å². The minimum absolute atomic E-state index is 0.214. The van der Waals surface area contributed by atoms with E-state index >= 15 is 0 Å². The molecule has 96 valence electrons. The van der Waals surface area contributed by atoms with E-state index in [9.17, 15) is 4.79 Å². The van der Waals surface area contributed by atoms with Gasteiger partial charge in [-0.25, -0.2) is 4.79 Å². The summed E-state index contributed by atoms with van der Waals surface area (Å²) in [6.07, 6.45) is 3.35. The first-order valence-corrected chi connectivity index (χ1v) is 6.44. The number of amides is 1. The molecule has 1 aliphatic heterocycles. The van der Waals surface area contributed by atoms with Crippen LogP contribution in [0.3, 0.4) is 0 Å². The summed E-state index contributed by atoms with van der Waals surface area (Å²) in [6, 6.07) is 0. The van der Waals surface area contributed by atoms with Gasteiger partial charge in [0.1, 0.15) is 5.60 Å². The lowest BCUT2D eigenvalue weighted by Gasteiger charge is -2.23. The van der Waals surface area contributed by atoms with Crippen molar-refractivity contribution < 1.29 is 9.53 Å². The maximum Gasteiger partial charge on any atom is 0.410 e. The molecule has 0 radical (unpaired) electrons. The molecular weight excluding hydrogens is 216 g/mol. The van der Waals surface area contributed by atoms with Gasteiger partial charge in [-0.1, -0.05) is 0 Å². The van der Waals surface area contributed by atoms with Crippen molar-refractivity contribution in [3.63, 3.8) is 0 Å². The van der Waals surface area contributed by atoms with Gasteiger partial charge in [0.05, 0.1) is 6.54 Å². The molecule has 0 atom stereocenters. The van der Waals surface area contributed by atoms with Crippen molar-refractivity contribution in [2.24, 2.45) is 10.9 Å². The molecule has 1 heterocycles. The van der Waals surface area contributed by atoms with E-state index in [1.165, 1.54) is 12.8 Å². The Balaban J connectivity index is 1.80. The summed E-state index contributed by atoms with van der Waals surface area (Å²) >= 11 is 0. The Bertz CT molecular complexity index is 327. The molecule has 0 N–H and O–H groups in total. The number of ether oxygens (including phenoxy) is 1. The molecule has 0 spiro atoms. The van der Waals surface area contributed by atoms with Crippen LogP contribution in [0.4, 0.5) is 4.79 Å². The van der Waals surface area contributed by atoms with Gasteiger partial charge in [-0.3, -0.25) is 4.99 Å². The highest BCUT2D eigenvalue weighted by molar-refractivity contribution is 5.91. The van der Waals surface area contributed by atoms with E-state index in [-0.39, 0.29) is 6.09 Å². The average molecular weight is 238 g/mol. The molecule has 1 saturated heterocycles. The predicted octanol–water partition coefficient (Wildman–Crippen LogP) is 2.48. The first-order chi connectivity index (χ1) is 7.94. The molecule has 1 aliphatic carbocycles. The third kappa shape index (κ3) is 4.02. The molecule has 0 unspecified atom stereocenters. The summed E-state index contributed by atoms with van der Waals surface area (Å²) in [5.41, 5.74) is 0.744. The number of hydrogen-bond acceptors (Lipinski definition) is 3. The largest absolute Gasteiger partial charge is 0.444 e. The third-order valence-electron chi connectivity index (χ3n) is 2.97. The first kappa shape index (κ1) is 12.4. The third-order valence-corrected chi connectivity index (χ3v) is 2.97. The van der Waals surface area contributed by atoms with Crippen LogP contribution >= 0.6 is 0 Å². The number of likely N-dealkylation sites (tertiary alicyclic amines) is 1. The van der Waals surface area contributed by atoms with Crippen molar-refractivity contribution in [3.8, 4) is 0 Å². The highest BCUT2D eigenvalue weighted by atomic mass is 16.6. The predicted molar refractivity (Wildman–Crippen MR) is 67.5 cm³/mol. The van der Waals surface area contributed by atoms with E-state index < -0.39 is 5.60 Å². The molecule has 1 amide bonds. The summed E-state index contributed by atoms with van der Waals surface area (Å²) in [6.45, 7) is 8.03. The van der Waals surface area contributed by atoms with Crippen molar-refractivity contribution in [2.45, 2.75) is 45.6 Å². The molecule has 0 aromatic carbocycles. The maximum absolute atomic E-state index is 11.8. The van der Waals surface area contributed by atoms with Crippen LogP contribution in [0.15, 0.2) is 4.99 Å². The Kier molecular flexibility index (Phi) is 3.40. The summed E-state index contributed by atoms with van der Waals surface area (Å²) < 4.78 is 5.34. The van der Waals surface area contributed by atoms with Crippen LogP contribution in [0.2, 0.25) is 0 Å². The minimum Gasteiger partial charge on any atom is -0.444 e. The van der Waals surface area contributed by atoms with E-state index in [2.05, 4.69) is 4.99 Å². The highest BCUT2D eigenvalue weighted by Gasteiger charge is 2.28. The summed E-state index contributed by atoms with van der Waals surface area (Å²) in [4.78, 5) is 18.1. The fraction of sp³-hybridized carbons (Fsp3) is 0.846. The zero-order valence-corrected chi connectivity index (χ0v) is 11.0. The second-order valence-electron chi connectivity index (χ2n) is 6.00. The SMILES string of the molecule is CC(C)(C)OC(=O)N1CCC(=NCC2CC2)C1. The van der Waals surface area contributed by atoms with E-state index in [1.54, 1.807) is 4.90 Å². The van der Waals surface area contributed by atoms with Crippen LogP contribution in [0.5, 0.6) is 0 Å². The number of nitrogens with zero attached hydrogens (tertiary/aromatic N) is 2. The quantitative estimate of drug-likeness (QED) is 0.741. The molecule has 0 aromatic heterocycles. The van der Waals surface area contributed by atoms with Crippen LogP contribution in [-0.2, 0) is 4.74 Å². The molecule has 0 bridgehead atoms. The van der Waals surface area contributed by atoms with Crippen LogP contribution in [0.1, 0.15) is 40.0 Å². The van der Waals surface area contributed by atoms with Crippen LogP contribution < -0.4 is 0 Å². The summed E-state index contributed by atoms with van der Waals surface area (Å²) in [5, 5.41) is 0. The Morgan fingerprint density at radius 2 is 2.18 bits per heavy atom. The Labute approximate surface area is 103 Å². The van der Waals surface area contributed by atoms with Gasteiger partial charge in [0, 0.05) is 25.2 Å². The fourth-order valence-corrected chi connectivity index (χ4v) is 1.81. The molecular formula is C13H22N2O2. The zero-order valence-electron chi connectivity index (χ0n) is 11.0. The average Bonchev–Trinajstić information content (AvgIpc) is 2.90. The number of hydrogen-bond donors (Lipinski definition) is 0. The Morgan fingerprint density at radius 1 is 1.47 bits per heavy atom. The van der Waals surface area contributed by atoms with Gasteiger partial charge < -0.3 is 9.64 Å². The lowest BCUT2D eigenvalue weighted by Crippen LogP contribution is -2.35. The van der Waals surface area contributed by atoms with Crippen molar-refractivity contribution in [3.05, 3.63) is 0 Å². The second kappa shape index (κ2) is 4.67. The van der Waals surface area contributed by atoms with E-state index in [4.69, 9.17) is 4.74 Å². The van der Waals surface area contributed by atoms with Gasteiger partial charge in [-0.15, -0.1) is 0 Å². The molecule has 17 heavy (non-hydrogen) atoms. The number of carbonyl (C=O) groups excluding carboxylic acids is 1. The minimum atomic E-state index is -0.412. The molecule has 4 heteroatoms. The maximum atomic E-state index is 11.8. The lowest BCUT2D eigenvalue weighted by molar-refractivity contribution is 0.0302. The van der Waals surface area contributed by atoms with Crippen molar-refractivity contribution in [1.82, 2.24) is 4.90 Å². The van der Waals surface area contributed by atoms with E-state index in [0.717, 1.165) is 31.1 Å². The molecule has 2 fully saturated rings. The van der Waals surface area contributed by atoms with Gasteiger partial charge >= 0.3 is 6.09 Å². The van der Waals surface area contributed by atoms with Crippen molar-refractivity contribution in [2.75, 3.05) is 19.6 Å². The van der Waals surface area contributed by atoms with Gasteiger partial charge in [-0.2, -0.15) is 0 Å². The van der Waals surface area contributed by atoms with Crippen LogP contribution in [-0.4, -0.2) is 41.9 Å². The van der Waals surface area contributed by atoms with Crippen LogP contribution in [0.25, 0.3) is 0 Å². The van der Waals surface area contributed by atoms with Crippen molar-refractivity contribution in [1.29, 1.82) is 0 Å². The van der Waals surface area contributed by atoms with Gasteiger partial charge in [0.15, 0.2) is 0 Å². The molecule has 4 nitrogen and oxygen atoms in total. The van der Waals surface area contributed by atoms with E-state index in [1.807, 2.05) is 20.8 Å². The first-order valence-electron chi connectivity index (χ1n) is 6.44. The van der Waals surface area contributed by atoms with Gasteiger partial charge in [0.2, 0.25) is 0 Å². The van der Waals surface area contributed by atoms with Crippen LogP contribution in [0, 0.1) is 5.92 Å². The zero-order chi connectivity index (χ0) is 12.5. The molecule has 1 saturated carbocycles. The highest BCUT2D eigenvalue weighted by Crippen LogP contribution is 2.29. The number of aliphatic imine (C=N–C) groups is 1. The van der Waals surface area contributed by atoms with Gasteiger partial charge in [0.25, 0.3) is 0 Å². The summed E-state index contributed by atoms with van der Waals surface area (Å²) in [7, 11) is 0. The molecule has 2 aliphatic rings. The topological polar surface area (TPSA) is 41.9 Å². The second-order valence-corrected chi connectivity index (χ2v) is 6.00. The number of rotatable bonds is 2. The van der Waals surface area contributed by atoms with Gasteiger partial charge in [-0.05, 0) is 39.5 Å². The standard InChI is InChI=1S/C13H22N2O2/c1-13(2,3)17-12(16)15-7-6-11(9-15)14-8-10-4-5-10/h10H,4-9H2,1-3H3. The molecule has 0 aromatic rings. The lowest BCUT2D eigenvalue weighted by atomic mass is 10.2. The molecule has 2 rings (SSSR count). The fourth-order valence-electron chi connectivity index (χ4n) is 1.81. The Hall–Kier alpha value is -1.06. The number of carbonyl (C=O) groups is 1.